The number of rotatable bonds is 9. The lowest BCUT2D eigenvalue weighted by Gasteiger charge is -2.28. The number of nitrogens with zero attached hydrogens (tertiary/aromatic N) is 1. The van der Waals surface area contributed by atoms with Crippen molar-refractivity contribution in [3.05, 3.63) is 82.8 Å². The first-order valence-corrected chi connectivity index (χ1v) is 12.8. The van der Waals surface area contributed by atoms with Crippen LogP contribution in [0.15, 0.2) is 42.6 Å². The predicted octanol–water partition coefficient (Wildman–Crippen LogP) is 9.43. The zero-order chi connectivity index (χ0) is 27.4. The van der Waals surface area contributed by atoms with E-state index in [1.165, 1.54) is 25.7 Å². The molecule has 0 N–H and O–H groups in total. The summed E-state index contributed by atoms with van der Waals surface area (Å²) in [6.07, 6.45) is 6.39. The lowest BCUT2D eigenvalue weighted by atomic mass is 9.77. The normalized spacial score (nSPS) is 18.0. The largest absolute Gasteiger partial charge is 0.432 e. The van der Waals surface area contributed by atoms with E-state index in [1.807, 2.05) is 6.07 Å². The maximum Gasteiger partial charge on any atom is 0.432 e. The number of unbranched alkanes of at least 4 members (excludes halogenated alkanes) is 2. The molecule has 1 heterocycles. The molecule has 0 saturated heterocycles. The fourth-order valence-corrected chi connectivity index (χ4v) is 5.07. The fraction of sp³-hybridized carbons (Fsp3) is 0.414. The van der Waals surface area contributed by atoms with Crippen molar-refractivity contribution >= 4 is 0 Å². The Morgan fingerprint density at radius 2 is 1.47 bits per heavy atom. The van der Waals surface area contributed by atoms with Gasteiger partial charge in [-0.05, 0) is 61.3 Å². The van der Waals surface area contributed by atoms with Gasteiger partial charge < -0.3 is 4.74 Å². The molecule has 1 fully saturated rings. The summed E-state index contributed by atoms with van der Waals surface area (Å²) in [5.74, 6) is -8.79. The molecule has 38 heavy (non-hydrogen) atoms. The van der Waals surface area contributed by atoms with Gasteiger partial charge in [0.15, 0.2) is 17.5 Å². The summed E-state index contributed by atoms with van der Waals surface area (Å²) in [5, 5.41) is 0. The van der Waals surface area contributed by atoms with E-state index in [1.54, 1.807) is 12.3 Å². The number of hydrogen-bond acceptors (Lipinski definition) is 2. The molecule has 204 valence electrons. The zero-order valence-corrected chi connectivity index (χ0v) is 20.9. The SMILES string of the molecule is CCCCCC1CCC(c2ccc(-c3cc(F)c(C(F)(F)Oc4cc(F)c(F)c(F)c4)c(F)c3)nc2)CC1. The van der Waals surface area contributed by atoms with Crippen molar-refractivity contribution in [1.29, 1.82) is 0 Å². The highest BCUT2D eigenvalue weighted by Crippen LogP contribution is 2.39. The highest BCUT2D eigenvalue weighted by Gasteiger charge is 2.41. The number of aromatic nitrogens is 1. The van der Waals surface area contributed by atoms with Crippen LogP contribution in [0.2, 0.25) is 0 Å². The van der Waals surface area contributed by atoms with E-state index in [-0.39, 0.29) is 23.4 Å². The van der Waals surface area contributed by atoms with Crippen LogP contribution >= 0.6 is 0 Å². The molecule has 1 saturated carbocycles. The summed E-state index contributed by atoms with van der Waals surface area (Å²) >= 11 is 0. The minimum atomic E-state index is -4.64. The van der Waals surface area contributed by atoms with Crippen molar-refractivity contribution in [3.8, 4) is 17.0 Å². The van der Waals surface area contributed by atoms with Crippen LogP contribution in [-0.4, -0.2) is 4.98 Å². The van der Waals surface area contributed by atoms with Gasteiger partial charge in [-0.15, -0.1) is 0 Å². The zero-order valence-electron chi connectivity index (χ0n) is 20.9. The summed E-state index contributed by atoms with van der Waals surface area (Å²) in [4.78, 5) is 4.30. The van der Waals surface area contributed by atoms with Crippen molar-refractivity contribution in [2.45, 2.75) is 70.3 Å². The molecule has 0 bridgehead atoms. The third-order valence-corrected chi connectivity index (χ3v) is 7.15. The standard InChI is InChI=1S/C29H28F7NO/c1-2-3-4-5-17-6-8-18(9-7-17)19-10-11-26(37-16-19)20-12-22(30)27(23(31)13-20)29(35,36)38-21-14-24(32)28(34)25(33)15-21/h10-18H,2-9H2,1H3. The molecule has 3 aromatic rings. The number of ether oxygens (including phenoxy) is 1. The Morgan fingerprint density at radius 3 is 2.03 bits per heavy atom. The van der Waals surface area contributed by atoms with E-state index < -0.39 is 46.5 Å². The van der Waals surface area contributed by atoms with Gasteiger partial charge in [0.2, 0.25) is 0 Å². The van der Waals surface area contributed by atoms with Crippen molar-refractivity contribution < 1.29 is 35.5 Å². The summed E-state index contributed by atoms with van der Waals surface area (Å²) in [7, 11) is 0. The van der Waals surface area contributed by atoms with Gasteiger partial charge in [-0.2, -0.15) is 8.78 Å². The van der Waals surface area contributed by atoms with Gasteiger partial charge in [0.1, 0.15) is 22.9 Å². The van der Waals surface area contributed by atoms with Gasteiger partial charge in [0, 0.05) is 23.9 Å². The number of benzene rings is 2. The molecule has 4 rings (SSSR count). The van der Waals surface area contributed by atoms with Gasteiger partial charge in [-0.3, -0.25) is 4.98 Å². The van der Waals surface area contributed by atoms with Gasteiger partial charge in [-0.25, -0.2) is 22.0 Å². The Balaban J connectivity index is 1.47. The Kier molecular flexibility index (Phi) is 8.63. The van der Waals surface area contributed by atoms with Gasteiger partial charge in [-0.1, -0.05) is 38.7 Å². The highest BCUT2D eigenvalue weighted by molar-refractivity contribution is 5.60. The van der Waals surface area contributed by atoms with E-state index in [0.717, 1.165) is 37.2 Å². The fourth-order valence-electron chi connectivity index (χ4n) is 5.07. The predicted molar refractivity (Wildman–Crippen MR) is 129 cm³/mol. The lowest BCUT2D eigenvalue weighted by Crippen LogP contribution is -2.25. The summed E-state index contributed by atoms with van der Waals surface area (Å²) in [5.41, 5.74) is -0.599. The van der Waals surface area contributed by atoms with Crippen LogP contribution in [0.4, 0.5) is 30.7 Å². The monoisotopic (exact) mass is 539 g/mol. The maximum absolute atomic E-state index is 14.7. The highest BCUT2D eigenvalue weighted by atomic mass is 19.3. The summed E-state index contributed by atoms with van der Waals surface area (Å²) in [6.45, 7) is 2.19. The molecular formula is C29H28F7NO. The van der Waals surface area contributed by atoms with Crippen molar-refractivity contribution in [1.82, 2.24) is 4.98 Å². The Labute approximate surface area is 216 Å². The molecule has 1 aromatic heterocycles. The minimum Gasteiger partial charge on any atom is -0.429 e. The summed E-state index contributed by atoms with van der Waals surface area (Å²) < 4.78 is 102. The minimum absolute atomic E-state index is 0.0652. The van der Waals surface area contributed by atoms with Crippen LogP contribution in [0.1, 0.15) is 75.3 Å². The molecular weight excluding hydrogens is 511 g/mol. The van der Waals surface area contributed by atoms with Gasteiger partial charge >= 0.3 is 6.11 Å². The molecule has 0 amide bonds. The van der Waals surface area contributed by atoms with Gasteiger partial charge in [0.05, 0.1) is 5.69 Å². The van der Waals surface area contributed by atoms with E-state index >= 15 is 0 Å². The van der Waals surface area contributed by atoms with E-state index in [2.05, 4.69) is 16.6 Å². The van der Waals surface area contributed by atoms with Crippen LogP contribution in [0, 0.1) is 35.0 Å². The Bertz CT molecular complexity index is 1210. The number of halogens is 7. The third-order valence-electron chi connectivity index (χ3n) is 7.15. The van der Waals surface area contributed by atoms with Gasteiger partial charge in [0.25, 0.3) is 0 Å². The second-order valence-corrected chi connectivity index (χ2v) is 9.82. The molecule has 1 aliphatic carbocycles. The van der Waals surface area contributed by atoms with Crippen LogP contribution in [0.25, 0.3) is 11.3 Å². The van der Waals surface area contributed by atoms with Crippen LogP contribution in [0.5, 0.6) is 5.75 Å². The average molecular weight is 540 g/mol. The Morgan fingerprint density at radius 1 is 0.842 bits per heavy atom. The first-order valence-electron chi connectivity index (χ1n) is 12.8. The van der Waals surface area contributed by atoms with Crippen molar-refractivity contribution in [2.24, 2.45) is 5.92 Å². The smallest absolute Gasteiger partial charge is 0.429 e. The molecule has 0 unspecified atom stereocenters. The van der Waals surface area contributed by atoms with Crippen molar-refractivity contribution in [2.75, 3.05) is 0 Å². The van der Waals surface area contributed by atoms with Crippen molar-refractivity contribution in [3.63, 3.8) is 0 Å². The number of alkyl halides is 2. The molecule has 2 aromatic carbocycles. The summed E-state index contributed by atoms with van der Waals surface area (Å²) in [6, 6.07) is 5.11. The number of hydrogen-bond donors (Lipinski definition) is 0. The molecule has 0 radical (unpaired) electrons. The third kappa shape index (κ3) is 6.30. The maximum atomic E-state index is 14.7. The second-order valence-electron chi connectivity index (χ2n) is 9.82. The second kappa shape index (κ2) is 11.7. The first kappa shape index (κ1) is 27.9. The molecule has 0 aliphatic heterocycles. The molecule has 9 heteroatoms. The Hall–Kier alpha value is -3.10. The molecule has 2 nitrogen and oxygen atoms in total. The first-order chi connectivity index (χ1) is 18.1. The van der Waals surface area contributed by atoms with Crippen LogP contribution in [0.3, 0.4) is 0 Å². The molecule has 0 atom stereocenters. The quantitative estimate of drug-likeness (QED) is 0.154. The topological polar surface area (TPSA) is 22.1 Å². The number of pyridine rings is 1. The average Bonchev–Trinajstić information content (AvgIpc) is 2.87. The van der Waals surface area contributed by atoms with E-state index in [0.29, 0.717) is 18.1 Å². The van der Waals surface area contributed by atoms with Crippen LogP contribution < -0.4 is 4.74 Å². The lowest BCUT2D eigenvalue weighted by molar-refractivity contribution is -0.189. The molecule has 1 aliphatic rings. The van der Waals surface area contributed by atoms with E-state index in [9.17, 15) is 30.7 Å². The van der Waals surface area contributed by atoms with E-state index in [4.69, 9.17) is 0 Å². The van der Waals surface area contributed by atoms with Crippen LogP contribution in [-0.2, 0) is 6.11 Å². The molecule has 0 spiro atoms.